The molecule has 1 aliphatic rings. The van der Waals surface area contributed by atoms with Crippen LogP contribution in [0, 0.1) is 0 Å². The number of nitrogens with zero attached hydrogens (tertiary/aromatic N) is 1. The zero-order valence-corrected chi connectivity index (χ0v) is 16.3. The SMILES string of the molecule is CC(=O)NC(CC(=O)N1CCC(c2ccccc2)CC1)c1ccc(Cl)cc1. The summed E-state index contributed by atoms with van der Waals surface area (Å²) in [7, 11) is 0. The average Bonchev–Trinajstić information content (AvgIpc) is 2.68. The smallest absolute Gasteiger partial charge is 0.224 e. The van der Waals surface area contributed by atoms with E-state index in [9.17, 15) is 9.59 Å². The standard InChI is InChI=1S/C22H25ClN2O2/c1-16(26)24-21(19-7-9-20(23)10-8-19)15-22(27)25-13-11-18(12-14-25)17-5-3-2-4-6-17/h2-10,18,21H,11-15H2,1H3,(H,24,26). The van der Waals surface area contributed by atoms with E-state index in [0.29, 0.717) is 10.9 Å². The summed E-state index contributed by atoms with van der Waals surface area (Å²) in [5, 5.41) is 3.52. The lowest BCUT2D eigenvalue weighted by molar-refractivity contribution is -0.133. The number of hydrogen-bond acceptors (Lipinski definition) is 2. The highest BCUT2D eigenvalue weighted by Gasteiger charge is 2.26. The van der Waals surface area contributed by atoms with Gasteiger partial charge in [-0.1, -0.05) is 54.1 Å². The van der Waals surface area contributed by atoms with Crippen molar-refractivity contribution in [1.29, 1.82) is 0 Å². The zero-order chi connectivity index (χ0) is 19.2. The van der Waals surface area contributed by atoms with Crippen molar-refractivity contribution >= 4 is 23.4 Å². The van der Waals surface area contributed by atoms with Gasteiger partial charge in [0.2, 0.25) is 11.8 Å². The molecule has 1 atom stereocenters. The van der Waals surface area contributed by atoms with Gasteiger partial charge in [0.25, 0.3) is 0 Å². The largest absolute Gasteiger partial charge is 0.349 e. The predicted molar refractivity (Wildman–Crippen MR) is 108 cm³/mol. The average molecular weight is 385 g/mol. The normalized spacial score (nSPS) is 16.0. The lowest BCUT2D eigenvalue weighted by Crippen LogP contribution is -2.40. The molecule has 0 spiro atoms. The molecule has 5 heteroatoms. The van der Waals surface area contributed by atoms with Crippen molar-refractivity contribution < 1.29 is 9.59 Å². The van der Waals surface area contributed by atoms with E-state index in [1.165, 1.54) is 12.5 Å². The van der Waals surface area contributed by atoms with Crippen LogP contribution in [0.1, 0.15) is 49.3 Å². The van der Waals surface area contributed by atoms with E-state index in [4.69, 9.17) is 11.6 Å². The molecule has 2 aromatic rings. The van der Waals surface area contributed by atoms with Crippen molar-refractivity contribution in [1.82, 2.24) is 10.2 Å². The molecule has 1 saturated heterocycles. The molecular weight excluding hydrogens is 360 g/mol. The van der Waals surface area contributed by atoms with E-state index in [2.05, 4.69) is 29.6 Å². The number of hydrogen-bond donors (Lipinski definition) is 1. The second-order valence-electron chi connectivity index (χ2n) is 7.07. The first-order valence-electron chi connectivity index (χ1n) is 9.38. The second-order valence-corrected chi connectivity index (χ2v) is 7.51. The van der Waals surface area contributed by atoms with Crippen LogP contribution in [0.25, 0.3) is 0 Å². The number of halogens is 1. The van der Waals surface area contributed by atoms with Gasteiger partial charge >= 0.3 is 0 Å². The van der Waals surface area contributed by atoms with E-state index >= 15 is 0 Å². The number of likely N-dealkylation sites (tertiary alicyclic amines) is 1. The molecule has 1 heterocycles. The van der Waals surface area contributed by atoms with Crippen LogP contribution in [0.15, 0.2) is 54.6 Å². The van der Waals surface area contributed by atoms with Crippen molar-refractivity contribution in [3.63, 3.8) is 0 Å². The van der Waals surface area contributed by atoms with Crippen LogP contribution >= 0.6 is 11.6 Å². The molecule has 4 nitrogen and oxygen atoms in total. The van der Waals surface area contributed by atoms with Gasteiger partial charge in [-0.2, -0.15) is 0 Å². The van der Waals surface area contributed by atoms with Crippen LogP contribution in [0.2, 0.25) is 5.02 Å². The molecule has 1 N–H and O–H groups in total. The van der Waals surface area contributed by atoms with Crippen molar-refractivity contribution in [2.75, 3.05) is 13.1 Å². The molecule has 1 fully saturated rings. The molecule has 0 bridgehead atoms. The number of nitrogens with one attached hydrogen (secondary N) is 1. The Morgan fingerprint density at radius 1 is 1.07 bits per heavy atom. The third-order valence-corrected chi connectivity index (χ3v) is 5.40. The Kier molecular flexibility index (Phi) is 6.51. The van der Waals surface area contributed by atoms with E-state index in [1.54, 1.807) is 12.1 Å². The highest BCUT2D eigenvalue weighted by atomic mass is 35.5. The maximum atomic E-state index is 12.8. The van der Waals surface area contributed by atoms with Crippen LogP contribution in [-0.4, -0.2) is 29.8 Å². The molecule has 2 aromatic carbocycles. The lowest BCUT2D eigenvalue weighted by Gasteiger charge is -2.33. The molecule has 3 rings (SSSR count). The highest BCUT2D eigenvalue weighted by molar-refractivity contribution is 6.30. The molecule has 0 radical (unpaired) electrons. The summed E-state index contributed by atoms with van der Waals surface area (Å²) in [4.78, 5) is 26.3. The number of amides is 2. The maximum absolute atomic E-state index is 12.8. The summed E-state index contributed by atoms with van der Waals surface area (Å²) < 4.78 is 0. The number of benzene rings is 2. The van der Waals surface area contributed by atoms with E-state index in [1.807, 2.05) is 23.1 Å². The van der Waals surface area contributed by atoms with Crippen molar-refractivity contribution in [2.45, 2.75) is 38.1 Å². The minimum atomic E-state index is -0.334. The fraction of sp³-hybridized carbons (Fsp3) is 0.364. The van der Waals surface area contributed by atoms with Crippen LogP contribution in [-0.2, 0) is 9.59 Å². The van der Waals surface area contributed by atoms with Gasteiger partial charge in [0.05, 0.1) is 12.5 Å². The molecular formula is C22H25ClN2O2. The third-order valence-electron chi connectivity index (χ3n) is 5.15. The van der Waals surface area contributed by atoms with Gasteiger partial charge in [-0.3, -0.25) is 9.59 Å². The first kappa shape index (κ1) is 19.4. The number of carbonyl (C=O) groups excluding carboxylic acids is 2. The number of piperidine rings is 1. The third kappa shape index (κ3) is 5.33. The molecule has 27 heavy (non-hydrogen) atoms. The summed E-state index contributed by atoms with van der Waals surface area (Å²) in [6.45, 7) is 2.98. The second kappa shape index (κ2) is 9.05. The van der Waals surface area contributed by atoms with Gasteiger partial charge in [-0.15, -0.1) is 0 Å². The fourth-order valence-corrected chi connectivity index (χ4v) is 3.81. The Morgan fingerprint density at radius 3 is 2.30 bits per heavy atom. The van der Waals surface area contributed by atoms with E-state index in [-0.39, 0.29) is 24.3 Å². The first-order chi connectivity index (χ1) is 13.0. The zero-order valence-electron chi connectivity index (χ0n) is 15.5. The Morgan fingerprint density at radius 2 is 1.70 bits per heavy atom. The molecule has 0 aromatic heterocycles. The Balaban J connectivity index is 1.61. The van der Waals surface area contributed by atoms with Gasteiger partial charge in [0, 0.05) is 25.0 Å². The Hall–Kier alpha value is -2.33. The lowest BCUT2D eigenvalue weighted by atomic mass is 9.89. The maximum Gasteiger partial charge on any atom is 0.224 e. The summed E-state index contributed by atoms with van der Waals surface area (Å²) in [5.41, 5.74) is 2.24. The summed E-state index contributed by atoms with van der Waals surface area (Å²) in [5.74, 6) is 0.443. The monoisotopic (exact) mass is 384 g/mol. The number of rotatable bonds is 5. The van der Waals surface area contributed by atoms with Crippen molar-refractivity contribution in [3.8, 4) is 0 Å². The quantitative estimate of drug-likeness (QED) is 0.834. The van der Waals surface area contributed by atoms with Gasteiger partial charge in [-0.05, 0) is 42.0 Å². The Bertz CT molecular complexity index is 769. The molecule has 1 aliphatic heterocycles. The summed E-state index contributed by atoms with van der Waals surface area (Å²) in [6, 6.07) is 17.4. The fourth-order valence-electron chi connectivity index (χ4n) is 3.68. The topological polar surface area (TPSA) is 49.4 Å². The van der Waals surface area contributed by atoms with Gasteiger partial charge in [0.15, 0.2) is 0 Å². The predicted octanol–water partition coefficient (Wildman–Crippen LogP) is 4.31. The molecule has 142 valence electrons. The summed E-state index contributed by atoms with van der Waals surface area (Å²) >= 11 is 5.95. The van der Waals surface area contributed by atoms with Crippen molar-refractivity contribution in [2.24, 2.45) is 0 Å². The van der Waals surface area contributed by atoms with E-state index < -0.39 is 0 Å². The van der Waals surface area contributed by atoms with Gasteiger partial charge < -0.3 is 10.2 Å². The number of carbonyl (C=O) groups is 2. The molecule has 2 amide bonds. The van der Waals surface area contributed by atoms with E-state index in [0.717, 1.165) is 31.5 Å². The molecule has 1 unspecified atom stereocenters. The summed E-state index contributed by atoms with van der Waals surface area (Å²) in [6.07, 6.45) is 2.21. The van der Waals surface area contributed by atoms with Crippen LogP contribution in [0.3, 0.4) is 0 Å². The van der Waals surface area contributed by atoms with Gasteiger partial charge in [-0.25, -0.2) is 0 Å². The molecule has 0 saturated carbocycles. The highest BCUT2D eigenvalue weighted by Crippen LogP contribution is 2.29. The van der Waals surface area contributed by atoms with Crippen LogP contribution < -0.4 is 5.32 Å². The van der Waals surface area contributed by atoms with Crippen molar-refractivity contribution in [3.05, 3.63) is 70.7 Å². The van der Waals surface area contributed by atoms with Crippen LogP contribution in [0.4, 0.5) is 0 Å². The minimum Gasteiger partial charge on any atom is -0.349 e. The minimum absolute atomic E-state index is 0.0789. The van der Waals surface area contributed by atoms with Gasteiger partial charge in [0.1, 0.15) is 0 Å². The first-order valence-corrected chi connectivity index (χ1v) is 9.76. The molecule has 0 aliphatic carbocycles. The Labute approximate surface area is 165 Å². The van der Waals surface area contributed by atoms with Crippen LogP contribution in [0.5, 0.6) is 0 Å².